The molecule has 3 rings (SSSR count). The average molecular weight is 329 g/mol. The van der Waals surface area contributed by atoms with Gasteiger partial charge in [0.2, 0.25) is 0 Å². The topological polar surface area (TPSA) is 35.5 Å². The predicted molar refractivity (Wildman–Crippen MR) is 100.0 cm³/mol. The van der Waals surface area contributed by atoms with Crippen molar-refractivity contribution < 1.29 is 5.11 Å². The van der Waals surface area contributed by atoms with Crippen LogP contribution in [0.2, 0.25) is 0 Å². The molecule has 1 atom stereocenters. The van der Waals surface area contributed by atoms with Gasteiger partial charge in [-0.05, 0) is 58.2 Å². The minimum Gasteiger partial charge on any atom is -0.388 e. The van der Waals surface area contributed by atoms with E-state index in [1.807, 2.05) is 30.3 Å². The van der Waals surface area contributed by atoms with Crippen LogP contribution in [0.25, 0.3) is 0 Å². The maximum Gasteiger partial charge on any atom is 0.0858 e. The van der Waals surface area contributed by atoms with Crippen molar-refractivity contribution in [3.05, 3.63) is 47.5 Å². The lowest BCUT2D eigenvalue weighted by Crippen LogP contribution is -2.44. The van der Waals surface area contributed by atoms with Gasteiger partial charge in [-0.15, -0.1) is 0 Å². The molecular formula is C21H32N2O. The minimum absolute atomic E-state index is 0.0700. The van der Waals surface area contributed by atoms with Crippen LogP contribution in [0.4, 0.5) is 0 Å². The van der Waals surface area contributed by atoms with Crippen molar-refractivity contribution in [1.82, 2.24) is 10.2 Å². The van der Waals surface area contributed by atoms with Crippen molar-refractivity contribution in [2.75, 3.05) is 26.2 Å². The Morgan fingerprint density at radius 3 is 2.50 bits per heavy atom. The number of aliphatic hydroxyl groups is 1. The van der Waals surface area contributed by atoms with E-state index in [9.17, 15) is 5.11 Å². The van der Waals surface area contributed by atoms with Crippen LogP contribution in [-0.4, -0.2) is 42.2 Å². The van der Waals surface area contributed by atoms with Crippen LogP contribution >= 0.6 is 0 Å². The Balaban J connectivity index is 1.44. The molecule has 3 nitrogen and oxygen atoms in total. The molecule has 0 aromatic heterocycles. The lowest BCUT2D eigenvalue weighted by Gasteiger charge is -2.33. The van der Waals surface area contributed by atoms with Gasteiger partial charge in [0.05, 0.1) is 6.10 Å². The van der Waals surface area contributed by atoms with E-state index in [4.69, 9.17) is 0 Å². The molecule has 2 aliphatic rings. The van der Waals surface area contributed by atoms with Crippen LogP contribution in [0, 0.1) is 5.41 Å². The number of hydrogen-bond donors (Lipinski definition) is 2. The quantitative estimate of drug-likeness (QED) is 0.752. The van der Waals surface area contributed by atoms with Crippen LogP contribution in [0.3, 0.4) is 0 Å². The first kappa shape index (κ1) is 17.7. The number of benzene rings is 1. The fourth-order valence-electron chi connectivity index (χ4n) is 3.68. The maximum atomic E-state index is 10.7. The van der Waals surface area contributed by atoms with E-state index in [0.717, 1.165) is 31.5 Å². The molecule has 0 radical (unpaired) electrons. The van der Waals surface area contributed by atoms with Crippen LogP contribution in [0.5, 0.6) is 0 Å². The number of hydrogen-bond acceptors (Lipinski definition) is 3. The Labute approximate surface area is 146 Å². The first-order chi connectivity index (χ1) is 11.6. The van der Waals surface area contributed by atoms with Gasteiger partial charge in [0.1, 0.15) is 0 Å². The standard InChI is InChI=1S/C21H32N2O/c1-17(2)8-13-23-14-9-19(10-15-23)22-16-21(11-12-21)20(24)18-6-4-3-5-7-18/h3-8,19-20,22,24H,9-16H2,1-2H3. The number of piperidine rings is 1. The Bertz CT molecular complexity index is 538. The first-order valence-corrected chi connectivity index (χ1v) is 9.41. The summed E-state index contributed by atoms with van der Waals surface area (Å²) < 4.78 is 0. The second kappa shape index (κ2) is 7.81. The molecule has 1 aromatic carbocycles. The summed E-state index contributed by atoms with van der Waals surface area (Å²) >= 11 is 0. The van der Waals surface area contributed by atoms with Crippen molar-refractivity contribution in [2.45, 2.75) is 51.7 Å². The zero-order valence-corrected chi connectivity index (χ0v) is 15.2. The SMILES string of the molecule is CC(C)=CCN1CCC(NCC2(C(O)c3ccccc3)CC2)CC1. The van der Waals surface area contributed by atoms with Crippen molar-refractivity contribution in [3.63, 3.8) is 0 Å². The van der Waals surface area contributed by atoms with Gasteiger partial charge in [-0.25, -0.2) is 0 Å². The van der Waals surface area contributed by atoms with Crippen LogP contribution in [-0.2, 0) is 0 Å². The normalized spacial score (nSPS) is 22.1. The van der Waals surface area contributed by atoms with Crippen LogP contribution < -0.4 is 5.32 Å². The second-order valence-electron chi connectivity index (χ2n) is 7.91. The third-order valence-electron chi connectivity index (χ3n) is 5.68. The molecule has 2 N–H and O–H groups in total. The zero-order chi connectivity index (χ0) is 17.0. The summed E-state index contributed by atoms with van der Waals surface area (Å²) in [7, 11) is 0. The Morgan fingerprint density at radius 1 is 1.25 bits per heavy atom. The van der Waals surface area contributed by atoms with Gasteiger partial charge in [0.15, 0.2) is 0 Å². The maximum absolute atomic E-state index is 10.7. The van der Waals surface area contributed by atoms with Gasteiger partial charge < -0.3 is 10.4 Å². The molecular weight excluding hydrogens is 296 g/mol. The van der Waals surface area contributed by atoms with Gasteiger partial charge in [0, 0.05) is 24.5 Å². The second-order valence-corrected chi connectivity index (χ2v) is 7.91. The molecule has 3 heteroatoms. The number of rotatable bonds is 7. The predicted octanol–water partition coefficient (Wildman–Crippen LogP) is 3.52. The molecule has 0 amide bonds. The van der Waals surface area contributed by atoms with E-state index in [1.54, 1.807) is 0 Å². The summed E-state index contributed by atoms with van der Waals surface area (Å²) in [5.41, 5.74) is 2.54. The number of aliphatic hydroxyl groups excluding tert-OH is 1. The number of nitrogens with one attached hydrogen (secondary N) is 1. The van der Waals surface area contributed by atoms with Crippen LogP contribution in [0.1, 0.15) is 51.2 Å². The molecule has 1 aliphatic carbocycles. The molecule has 2 fully saturated rings. The number of nitrogens with zero attached hydrogens (tertiary/aromatic N) is 1. The Hall–Kier alpha value is -1.16. The molecule has 1 unspecified atom stereocenters. The number of likely N-dealkylation sites (tertiary alicyclic amines) is 1. The fourth-order valence-corrected chi connectivity index (χ4v) is 3.68. The highest BCUT2D eigenvalue weighted by molar-refractivity contribution is 5.22. The highest BCUT2D eigenvalue weighted by Gasteiger charge is 2.49. The molecule has 1 heterocycles. The Morgan fingerprint density at radius 2 is 1.92 bits per heavy atom. The minimum atomic E-state index is -0.330. The van der Waals surface area contributed by atoms with Crippen molar-refractivity contribution in [2.24, 2.45) is 5.41 Å². The molecule has 1 saturated heterocycles. The summed E-state index contributed by atoms with van der Waals surface area (Å²) in [6.07, 6.45) is 6.69. The summed E-state index contributed by atoms with van der Waals surface area (Å²) in [5.74, 6) is 0. The monoisotopic (exact) mass is 328 g/mol. The largest absolute Gasteiger partial charge is 0.388 e. The third-order valence-corrected chi connectivity index (χ3v) is 5.68. The molecule has 1 aromatic rings. The molecule has 1 saturated carbocycles. The van der Waals surface area contributed by atoms with Gasteiger partial charge in [-0.2, -0.15) is 0 Å². The van der Waals surface area contributed by atoms with Crippen LogP contribution in [0.15, 0.2) is 42.0 Å². The third kappa shape index (κ3) is 4.47. The molecule has 24 heavy (non-hydrogen) atoms. The summed E-state index contributed by atoms with van der Waals surface area (Å²) in [4.78, 5) is 2.54. The van der Waals surface area contributed by atoms with Gasteiger partial charge in [-0.3, -0.25) is 4.90 Å². The van der Waals surface area contributed by atoms with Gasteiger partial charge >= 0.3 is 0 Å². The van der Waals surface area contributed by atoms with E-state index >= 15 is 0 Å². The van der Waals surface area contributed by atoms with Crippen molar-refractivity contribution >= 4 is 0 Å². The highest BCUT2D eigenvalue weighted by atomic mass is 16.3. The molecule has 132 valence electrons. The molecule has 1 aliphatic heterocycles. The highest BCUT2D eigenvalue weighted by Crippen LogP contribution is 2.54. The van der Waals surface area contributed by atoms with E-state index in [-0.39, 0.29) is 11.5 Å². The summed E-state index contributed by atoms with van der Waals surface area (Å²) in [6.45, 7) is 8.72. The molecule has 0 spiro atoms. The first-order valence-electron chi connectivity index (χ1n) is 9.41. The van der Waals surface area contributed by atoms with Crippen molar-refractivity contribution in [1.29, 1.82) is 0 Å². The lowest BCUT2D eigenvalue weighted by atomic mass is 9.92. The van der Waals surface area contributed by atoms with E-state index < -0.39 is 0 Å². The van der Waals surface area contributed by atoms with E-state index in [2.05, 4.69) is 30.1 Å². The smallest absolute Gasteiger partial charge is 0.0858 e. The summed E-state index contributed by atoms with van der Waals surface area (Å²) in [5, 5.41) is 14.5. The fraction of sp³-hybridized carbons (Fsp3) is 0.619. The van der Waals surface area contributed by atoms with E-state index in [0.29, 0.717) is 6.04 Å². The average Bonchev–Trinajstić information content (AvgIpc) is 3.40. The summed E-state index contributed by atoms with van der Waals surface area (Å²) in [6, 6.07) is 10.7. The van der Waals surface area contributed by atoms with Crippen molar-refractivity contribution in [3.8, 4) is 0 Å². The van der Waals surface area contributed by atoms with Gasteiger partial charge in [0.25, 0.3) is 0 Å². The van der Waals surface area contributed by atoms with Gasteiger partial charge in [-0.1, -0.05) is 42.0 Å². The lowest BCUT2D eigenvalue weighted by molar-refractivity contribution is 0.0870. The van der Waals surface area contributed by atoms with E-state index in [1.165, 1.54) is 31.5 Å². The Kier molecular flexibility index (Phi) is 5.75. The zero-order valence-electron chi connectivity index (χ0n) is 15.2. The number of allylic oxidation sites excluding steroid dienone is 1. The molecule has 0 bridgehead atoms.